The first-order valence-corrected chi connectivity index (χ1v) is 13.1. The van der Waals surface area contributed by atoms with Gasteiger partial charge >= 0.3 is 0 Å². The quantitative estimate of drug-likeness (QED) is 0.383. The molecule has 1 amide bonds. The van der Waals surface area contributed by atoms with E-state index in [4.69, 9.17) is 9.72 Å². The summed E-state index contributed by atoms with van der Waals surface area (Å²) in [7, 11) is 0. The van der Waals surface area contributed by atoms with Crippen molar-refractivity contribution in [2.75, 3.05) is 30.4 Å². The Morgan fingerprint density at radius 2 is 1.94 bits per heavy atom. The lowest BCUT2D eigenvalue weighted by molar-refractivity contribution is 0.0486. The van der Waals surface area contributed by atoms with Gasteiger partial charge in [-0.25, -0.2) is 4.98 Å². The number of rotatable bonds is 8. The highest BCUT2D eigenvalue weighted by Gasteiger charge is 2.27. The van der Waals surface area contributed by atoms with Crippen LogP contribution in [0.15, 0.2) is 30.5 Å². The van der Waals surface area contributed by atoms with Crippen LogP contribution in [0, 0.1) is 12.8 Å². The summed E-state index contributed by atoms with van der Waals surface area (Å²) in [5, 5.41) is 24.6. The van der Waals surface area contributed by atoms with Gasteiger partial charge in [-0.1, -0.05) is 12.1 Å². The molecule has 2 saturated carbocycles. The molecule has 3 heterocycles. The van der Waals surface area contributed by atoms with Crippen molar-refractivity contribution < 1.29 is 14.6 Å². The number of hydrogen-bond acceptors (Lipinski definition) is 7. The Morgan fingerprint density at radius 1 is 1.14 bits per heavy atom. The molecule has 1 aromatic carbocycles. The first-order chi connectivity index (χ1) is 17.5. The van der Waals surface area contributed by atoms with Crippen molar-refractivity contribution in [3.63, 3.8) is 0 Å². The molecule has 6 rings (SSSR count). The van der Waals surface area contributed by atoms with Crippen LogP contribution in [0.5, 0.6) is 0 Å². The first kappa shape index (κ1) is 23.2. The number of aliphatic hydroxyl groups excluding tert-OH is 1. The second kappa shape index (κ2) is 9.71. The van der Waals surface area contributed by atoms with Crippen molar-refractivity contribution in [1.29, 1.82) is 0 Å². The molecule has 0 bridgehead atoms. The van der Waals surface area contributed by atoms with Gasteiger partial charge in [-0.15, -0.1) is 0 Å². The lowest BCUT2D eigenvalue weighted by Gasteiger charge is -2.31. The van der Waals surface area contributed by atoms with Crippen LogP contribution < -0.4 is 16.0 Å². The summed E-state index contributed by atoms with van der Waals surface area (Å²) >= 11 is 0. The third kappa shape index (κ3) is 4.90. The number of ether oxygens (including phenoxy) is 1. The number of carbonyl (C=O) groups is 1. The van der Waals surface area contributed by atoms with E-state index >= 15 is 0 Å². The topological polar surface area (TPSA) is 113 Å². The number of hydrogen-bond donors (Lipinski definition) is 4. The maximum absolute atomic E-state index is 12.6. The van der Waals surface area contributed by atoms with Gasteiger partial charge in [0.25, 0.3) is 5.91 Å². The van der Waals surface area contributed by atoms with E-state index in [1.54, 1.807) is 0 Å². The van der Waals surface area contributed by atoms with E-state index < -0.39 is 0 Å². The number of fused-ring (bicyclic) bond motifs is 1. The molecular weight excluding hydrogens is 456 g/mol. The van der Waals surface area contributed by atoms with E-state index in [-0.39, 0.29) is 12.0 Å². The summed E-state index contributed by atoms with van der Waals surface area (Å²) in [6.07, 6.45) is 7.37. The highest BCUT2D eigenvalue weighted by Crippen LogP contribution is 2.31. The standard InChI is InChI=1S/C27H34N6O3/c1-16-10-18(2-5-22(16)27(35)31-19-3-4-19)23-15-29-33-25(28-14-17-11-21(34)12-17)13-24(32-26(23)33)30-20-6-8-36-9-7-20/h2,5,10,13,15,17,19-21,28,34H,3-4,6-9,11-12,14H2,1H3,(H,30,32)(H,31,35)/t17-,21-. The zero-order valence-corrected chi connectivity index (χ0v) is 20.7. The Morgan fingerprint density at radius 3 is 2.67 bits per heavy atom. The zero-order chi connectivity index (χ0) is 24.6. The number of anilines is 2. The van der Waals surface area contributed by atoms with E-state index in [9.17, 15) is 9.90 Å². The fraction of sp³-hybridized carbons (Fsp3) is 0.519. The predicted molar refractivity (Wildman–Crippen MR) is 138 cm³/mol. The van der Waals surface area contributed by atoms with Gasteiger partial charge in [0.1, 0.15) is 11.6 Å². The maximum atomic E-state index is 12.6. The average molecular weight is 491 g/mol. The number of aryl methyl sites for hydroxylation is 1. The smallest absolute Gasteiger partial charge is 0.251 e. The van der Waals surface area contributed by atoms with Crippen molar-refractivity contribution >= 4 is 23.2 Å². The Labute approximate surface area is 210 Å². The Kier molecular flexibility index (Phi) is 6.27. The molecule has 36 heavy (non-hydrogen) atoms. The van der Waals surface area contributed by atoms with E-state index in [1.807, 2.05) is 41.9 Å². The summed E-state index contributed by atoms with van der Waals surface area (Å²) in [6, 6.07) is 8.59. The molecule has 3 fully saturated rings. The molecule has 1 aliphatic heterocycles. The Bertz CT molecular complexity index is 1260. The lowest BCUT2D eigenvalue weighted by Crippen LogP contribution is -2.33. The molecule has 4 N–H and O–H groups in total. The Hall–Kier alpha value is -3.17. The normalized spacial score (nSPS) is 22.3. The molecule has 3 aromatic rings. The van der Waals surface area contributed by atoms with Crippen molar-refractivity contribution in [2.24, 2.45) is 5.92 Å². The van der Waals surface area contributed by atoms with E-state index in [0.717, 1.165) is 92.3 Å². The Balaban J connectivity index is 1.31. The van der Waals surface area contributed by atoms with Crippen LogP contribution in [0.1, 0.15) is 54.4 Å². The molecule has 0 atom stereocenters. The lowest BCUT2D eigenvalue weighted by atomic mass is 9.82. The minimum atomic E-state index is -0.172. The number of aromatic nitrogens is 3. The van der Waals surface area contributed by atoms with Gasteiger partial charge < -0.3 is 25.8 Å². The third-order valence-electron chi connectivity index (χ3n) is 7.52. The second-order valence-corrected chi connectivity index (χ2v) is 10.5. The number of benzene rings is 1. The number of nitrogens with one attached hydrogen (secondary N) is 3. The monoisotopic (exact) mass is 490 g/mol. The van der Waals surface area contributed by atoms with Gasteiger partial charge in [0.15, 0.2) is 5.65 Å². The minimum absolute atomic E-state index is 0.00455. The molecule has 2 aliphatic carbocycles. The molecule has 9 heteroatoms. The van der Waals surface area contributed by atoms with Gasteiger partial charge in [-0.2, -0.15) is 9.61 Å². The molecule has 190 valence electrons. The van der Waals surface area contributed by atoms with Crippen LogP contribution in [0.4, 0.5) is 11.6 Å². The van der Waals surface area contributed by atoms with Crippen molar-refractivity contribution in [2.45, 2.75) is 63.6 Å². The summed E-state index contributed by atoms with van der Waals surface area (Å²) in [5.74, 6) is 2.14. The van der Waals surface area contributed by atoms with Crippen molar-refractivity contribution in [1.82, 2.24) is 19.9 Å². The minimum Gasteiger partial charge on any atom is -0.393 e. The number of nitrogens with zero attached hydrogens (tertiary/aromatic N) is 3. The first-order valence-electron chi connectivity index (χ1n) is 13.1. The highest BCUT2D eigenvalue weighted by atomic mass is 16.5. The second-order valence-electron chi connectivity index (χ2n) is 10.5. The van der Waals surface area contributed by atoms with Crippen molar-refractivity contribution in [3.8, 4) is 11.1 Å². The van der Waals surface area contributed by atoms with Crippen molar-refractivity contribution in [3.05, 3.63) is 41.6 Å². The third-order valence-corrected chi connectivity index (χ3v) is 7.52. The van der Waals surface area contributed by atoms with E-state index in [2.05, 4.69) is 21.0 Å². The largest absolute Gasteiger partial charge is 0.393 e. The van der Waals surface area contributed by atoms with Crippen LogP contribution in [0.25, 0.3) is 16.8 Å². The van der Waals surface area contributed by atoms with Crippen LogP contribution in [-0.4, -0.2) is 63.6 Å². The van der Waals surface area contributed by atoms with E-state index in [1.165, 1.54) is 0 Å². The summed E-state index contributed by atoms with van der Waals surface area (Å²) in [5.41, 5.74) is 4.31. The fourth-order valence-electron chi connectivity index (χ4n) is 5.11. The molecule has 0 unspecified atom stereocenters. The van der Waals surface area contributed by atoms with Crippen LogP contribution >= 0.6 is 0 Å². The fourth-order valence-corrected chi connectivity index (χ4v) is 5.11. The molecule has 0 spiro atoms. The van der Waals surface area contributed by atoms with Gasteiger partial charge in [0.2, 0.25) is 0 Å². The summed E-state index contributed by atoms with van der Waals surface area (Å²) in [6.45, 7) is 4.27. The predicted octanol–water partition coefficient (Wildman–Crippen LogP) is 3.37. The average Bonchev–Trinajstić information content (AvgIpc) is 3.56. The molecule has 1 saturated heterocycles. The number of aliphatic hydroxyl groups is 1. The van der Waals surface area contributed by atoms with Crippen LogP contribution in [0.3, 0.4) is 0 Å². The highest BCUT2D eigenvalue weighted by molar-refractivity contribution is 5.97. The van der Waals surface area contributed by atoms with E-state index in [0.29, 0.717) is 23.6 Å². The maximum Gasteiger partial charge on any atom is 0.251 e. The molecule has 2 aromatic heterocycles. The zero-order valence-electron chi connectivity index (χ0n) is 20.7. The van der Waals surface area contributed by atoms with Crippen LogP contribution in [-0.2, 0) is 4.74 Å². The summed E-state index contributed by atoms with van der Waals surface area (Å²) in [4.78, 5) is 17.6. The number of amides is 1. The molecule has 0 radical (unpaired) electrons. The van der Waals surface area contributed by atoms with Crippen LogP contribution in [0.2, 0.25) is 0 Å². The molecular formula is C27H34N6O3. The molecule has 3 aliphatic rings. The van der Waals surface area contributed by atoms with Gasteiger partial charge in [0.05, 0.1) is 12.3 Å². The number of carbonyl (C=O) groups excluding carboxylic acids is 1. The van der Waals surface area contributed by atoms with Gasteiger partial charge in [-0.3, -0.25) is 4.79 Å². The molecule has 9 nitrogen and oxygen atoms in total. The van der Waals surface area contributed by atoms with Gasteiger partial charge in [0, 0.05) is 49.0 Å². The SMILES string of the molecule is Cc1cc(-c2cnn3c(NC[C@H]4C[C@H](O)C4)cc(NC4CCOCC4)nc23)ccc1C(=O)NC1CC1. The summed E-state index contributed by atoms with van der Waals surface area (Å²) < 4.78 is 7.36. The van der Waals surface area contributed by atoms with Gasteiger partial charge in [-0.05, 0) is 68.6 Å².